The maximum absolute atomic E-state index is 13.0. The first kappa shape index (κ1) is 10.8. The molecule has 1 saturated heterocycles. The first-order valence-electron chi connectivity index (χ1n) is 5.34. The molecule has 1 N–H and O–H groups in total. The molecule has 89 valence electrons. The Morgan fingerprint density at radius 1 is 1.41 bits per heavy atom. The number of halogens is 2. The lowest BCUT2D eigenvalue weighted by atomic mass is 10.3. The van der Waals surface area contributed by atoms with Crippen molar-refractivity contribution in [1.29, 1.82) is 0 Å². The Morgan fingerprint density at radius 2 is 2.12 bits per heavy atom. The third-order valence-electron chi connectivity index (χ3n) is 3.43. The highest BCUT2D eigenvalue weighted by Crippen LogP contribution is 2.59. The van der Waals surface area contributed by atoms with Crippen molar-refractivity contribution in [2.45, 2.75) is 5.92 Å². The number of piperidine rings is 1. The van der Waals surface area contributed by atoms with E-state index in [1.807, 2.05) is 4.90 Å². The van der Waals surface area contributed by atoms with Crippen LogP contribution in [-0.2, 0) is 0 Å². The monoisotopic (exact) mass is 239 g/mol. The van der Waals surface area contributed by atoms with Gasteiger partial charge in [0.2, 0.25) is 0 Å². The third-order valence-corrected chi connectivity index (χ3v) is 3.43. The Hall–Kier alpha value is -1.37. The topological polar surface area (TPSA) is 45.6 Å². The zero-order valence-corrected chi connectivity index (χ0v) is 8.88. The van der Waals surface area contributed by atoms with Crippen LogP contribution in [0.3, 0.4) is 0 Å². The van der Waals surface area contributed by atoms with Crippen molar-refractivity contribution in [3.05, 3.63) is 18.3 Å². The molecule has 2 unspecified atom stereocenters. The second-order valence-corrected chi connectivity index (χ2v) is 4.37. The van der Waals surface area contributed by atoms with Crippen LogP contribution < -0.4 is 9.55 Å². The summed E-state index contributed by atoms with van der Waals surface area (Å²) in [6.45, 7) is 0.716. The van der Waals surface area contributed by atoms with Crippen molar-refractivity contribution in [1.82, 2.24) is 4.98 Å². The number of rotatable bonds is 3. The molecule has 2 heterocycles. The minimum atomic E-state index is -2.47. The number of hydrogen-bond acceptors (Lipinski definition) is 4. The van der Waals surface area contributed by atoms with Gasteiger partial charge >= 0.3 is 7.69 Å². The van der Waals surface area contributed by atoms with Gasteiger partial charge in [-0.15, -0.1) is 0 Å². The van der Waals surface area contributed by atoms with Gasteiger partial charge in [0.05, 0.1) is 18.0 Å². The second kappa shape index (κ2) is 3.56. The molecule has 1 aromatic heterocycles. The van der Waals surface area contributed by atoms with E-state index in [0.29, 0.717) is 32.3 Å². The molecule has 2 fully saturated rings. The summed E-state index contributed by atoms with van der Waals surface area (Å²) in [7, 11) is 0.572. The number of alkyl halides is 2. The van der Waals surface area contributed by atoms with Gasteiger partial charge in [0, 0.05) is 13.1 Å². The first-order chi connectivity index (χ1) is 8.13. The van der Waals surface area contributed by atoms with Crippen LogP contribution in [0.25, 0.3) is 0 Å². The molecule has 0 bridgehead atoms. The fourth-order valence-corrected chi connectivity index (χ4v) is 2.39. The Balaban J connectivity index is 1.67. The van der Waals surface area contributed by atoms with E-state index < -0.39 is 17.8 Å². The molecule has 1 aliphatic carbocycles. The summed E-state index contributed by atoms with van der Waals surface area (Å²) in [4.78, 5) is 5.95. The van der Waals surface area contributed by atoms with Crippen LogP contribution in [0.15, 0.2) is 18.3 Å². The Labute approximate surface area is 97.5 Å². The van der Waals surface area contributed by atoms with Gasteiger partial charge in [0.25, 0.3) is 5.92 Å². The number of pyridine rings is 1. The van der Waals surface area contributed by atoms with E-state index in [1.165, 1.54) is 6.20 Å². The smallest absolute Gasteiger partial charge is 0.536 e. The molecule has 3 rings (SSSR count). The lowest BCUT2D eigenvalue weighted by molar-refractivity contribution is 0.0797. The van der Waals surface area contributed by atoms with Crippen molar-refractivity contribution >= 4 is 13.5 Å². The van der Waals surface area contributed by atoms with Crippen molar-refractivity contribution in [2.75, 3.05) is 18.0 Å². The molecule has 2 atom stereocenters. The summed E-state index contributed by atoms with van der Waals surface area (Å²) in [5.41, 5.74) is 0. The van der Waals surface area contributed by atoms with E-state index in [2.05, 4.69) is 4.98 Å². The first-order valence-corrected chi connectivity index (χ1v) is 5.34. The maximum Gasteiger partial charge on any atom is 0.569 e. The largest absolute Gasteiger partial charge is 0.569 e. The number of fused-ring (bicyclic) bond motifs is 1. The SMILES string of the molecule is O[B]Oc1ccc(N2CC3C(C2)C3(F)F)nc1. The van der Waals surface area contributed by atoms with Crippen LogP contribution >= 0.6 is 0 Å². The number of hydrogen-bond donors (Lipinski definition) is 1. The van der Waals surface area contributed by atoms with E-state index in [4.69, 9.17) is 9.68 Å². The van der Waals surface area contributed by atoms with Crippen molar-refractivity contribution in [3.8, 4) is 5.75 Å². The molecule has 1 aliphatic heterocycles. The van der Waals surface area contributed by atoms with Gasteiger partial charge in [0.15, 0.2) is 0 Å². The Kier molecular flexibility index (Phi) is 2.26. The lowest BCUT2D eigenvalue weighted by Crippen LogP contribution is -2.27. The highest BCUT2D eigenvalue weighted by Gasteiger charge is 2.71. The maximum atomic E-state index is 13.0. The molecule has 2 aliphatic rings. The van der Waals surface area contributed by atoms with Crippen LogP contribution in [0.1, 0.15) is 0 Å². The van der Waals surface area contributed by atoms with Crippen LogP contribution in [0.5, 0.6) is 5.75 Å². The third kappa shape index (κ3) is 1.65. The minimum absolute atomic E-state index is 0.358. The predicted molar refractivity (Wildman–Crippen MR) is 57.0 cm³/mol. The number of nitrogens with zero attached hydrogens (tertiary/aromatic N) is 2. The molecule has 7 heteroatoms. The van der Waals surface area contributed by atoms with Gasteiger partial charge in [0.1, 0.15) is 11.6 Å². The Morgan fingerprint density at radius 3 is 2.65 bits per heavy atom. The van der Waals surface area contributed by atoms with E-state index in [0.717, 1.165) is 0 Å². The molecule has 0 amide bonds. The summed E-state index contributed by atoms with van der Waals surface area (Å²) in [5, 5.41) is 8.43. The molecule has 4 nitrogen and oxygen atoms in total. The quantitative estimate of drug-likeness (QED) is 0.788. The molecular formula is C10H10BF2N2O2. The van der Waals surface area contributed by atoms with E-state index in [1.54, 1.807) is 12.1 Å². The van der Waals surface area contributed by atoms with E-state index in [-0.39, 0.29) is 0 Å². The molecule has 0 spiro atoms. The molecule has 17 heavy (non-hydrogen) atoms. The van der Waals surface area contributed by atoms with Gasteiger partial charge in [-0.1, -0.05) is 0 Å². The molecule has 1 radical (unpaired) electrons. The normalized spacial score (nSPS) is 28.8. The molecule has 1 saturated carbocycles. The van der Waals surface area contributed by atoms with Gasteiger partial charge in [-0.25, -0.2) is 13.8 Å². The highest BCUT2D eigenvalue weighted by molar-refractivity contribution is 6.17. The summed E-state index contributed by atoms with van der Waals surface area (Å²) < 4.78 is 30.7. The summed E-state index contributed by atoms with van der Waals surface area (Å²) in [5.74, 6) is -2.41. The van der Waals surface area contributed by atoms with E-state index >= 15 is 0 Å². The van der Waals surface area contributed by atoms with Crippen LogP contribution in [0.2, 0.25) is 0 Å². The molecular weight excluding hydrogens is 229 g/mol. The average molecular weight is 239 g/mol. The fourth-order valence-electron chi connectivity index (χ4n) is 2.39. The minimum Gasteiger partial charge on any atom is -0.536 e. The zero-order valence-electron chi connectivity index (χ0n) is 8.88. The van der Waals surface area contributed by atoms with Gasteiger partial charge in [-0.2, -0.15) is 0 Å². The highest BCUT2D eigenvalue weighted by atomic mass is 19.3. The van der Waals surface area contributed by atoms with Crippen molar-refractivity contribution in [2.24, 2.45) is 11.8 Å². The fraction of sp³-hybridized carbons (Fsp3) is 0.500. The lowest BCUT2D eigenvalue weighted by Gasteiger charge is -2.20. The van der Waals surface area contributed by atoms with E-state index in [9.17, 15) is 8.78 Å². The van der Waals surface area contributed by atoms with Crippen molar-refractivity contribution in [3.63, 3.8) is 0 Å². The van der Waals surface area contributed by atoms with Crippen molar-refractivity contribution < 1.29 is 18.5 Å². The number of aromatic nitrogens is 1. The predicted octanol–water partition coefficient (Wildman–Crippen LogP) is 0.688. The van der Waals surface area contributed by atoms with Gasteiger partial charge in [-0.3, -0.25) is 0 Å². The summed E-state index contributed by atoms with van der Waals surface area (Å²) >= 11 is 0. The average Bonchev–Trinajstić information content (AvgIpc) is 2.69. The Bertz CT molecular complexity index is 415. The van der Waals surface area contributed by atoms with Crippen LogP contribution in [0, 0.1) is 11.8 Å². The molecule has 0 aromatic carbocycles. The summed E-state index contributed by atoms with van der Waals surface area (Å²) in [6.07, 6.45) is 1.45. The van der Waals surface area contributed by atoms with Crippen LogP contribution in [0.4, 0.5) is 14.6 Å². The second-order valence-electron chi connectivity index (χ2n) is 4.37. The van der Waals surface area contributed by atoms with Gasteiger partial charge in [-0.05, 0) is 12.1 Å². The summed E-state index contributed by atoms with van der Waals surface area (Å²) in [6, 6.07) is 3.33. The number of anilines is 1. The van der Waals surface area contributed by atoms with Crippen LogP contribution in [-0.4, -0.2) is 36.7 Å². The standard InChI is InChI=1S/C10H10BF2N2O2/c12-10(13)7-4-15(5-8(7)10)9-2-1-6(3-14-9)17-11-16/h1-3,7-8,16H,4-5H2. The van der Waals surface area contributed by atoms with Gasteiger partial charge < -0.3 is 14.6 Å². The zero-order chi connectivity index (χ0) is 12.0. The molecule has 1 aromatic rings.